The van der Waals surface area contributed by atoms with Gasteiger partial charge < -0.3 is 4.42 Å². The normalized spacial score (nSPS) is 11.0. The minimum absolute atomic E-state index is 0.240. The first-order chi connectivity index (χ1) is 10.7. The molecule has 3 rings (SSSR count). The Kier molecular flexibility index (Phi) is 4.37. The van der Waals surface area contributed by atoms with Gasteiger partial charge >= 0.3 is 0 Å². The van der Waals surface area contributed by atoms with Crippen LogP contribution in [-0.4, -0.2) is 12.1 Å². The number of carbonyl (C=O) groups excluding carboxylic acids is 1. The van der Waals surface area contributed by atoms with Gasteiger partial charge in [-0.15, -0.1) is 11.3 Å². The number of halogens is 1. The largest absolute Gasteiger partial charge is 0.455 e. The highest BCUT2D eigenvalue weighted by atomic mass is 35.5. The van der Waals surface area contributed by atoms with Crippen molar-refractivity contribution in [1.82, 2.24) is 5.43 Å². The van der Waals surface area contributed by atoms with E-state index in [4.69, 9.17) is 16.0 Å². The summed E-state index contributed by atoms with van der Waals surface area (Å²) in [6.45, 7) is 0. The van der Waals surface area contributed by atoms with E-state index in [1.165, 1.54) is 17.6 Å². The fourth-order valence-electron chi connectivity index (χ4n) is 1.81. The lowest BCUT2D eigenvalue weighted by Crippen LogP contribution is -2.15. The molecule has 1 amide bonds. The number of benzene rings is 1. The van der Waals surface area contributed by atoms with Crippen molar-refractivity contribution in [2.45, 2.75) is 0 Å². The van der Waals surface area contributed by atoms with E-state index in [0.29, 0.717) is 21.4 Å². The molecule has 2 aromatic heterocycles. The second-order valence-corrected chi connectivity index (χ2v) is 5.77. The standard InChI is InChI=1S/C16H11ClN2O2S/c17-12-5-3-11(4-6-12)14-8-7-13(21-14)10-18-19-16(20)15-2-1-9-22-15/h1-10H,(H,19,20). The Morgan fingerprint density at radius 1 is 1.18 bits per heavy atom. The Morgan fingerprint density at radius 2 is 2.00 bits per heavy atom. The van der Waals surface area contributed by atoms with Crippen molar-refractivity contribution in [2.24, 2.45) is 5.10 Å². The Hall–Kier alpha value is -2.37. The predicted molar refractivity (Wildman–Crippen MR) is 88.5 cm³/mol. The Labute approximate surface area is 136 Å². The molecular formula is C16H11ClN2O2S. The number of nitrogens with zero attached hydrogens (tertiary/aromatic N) is 1. The first-order valence-electron chi connectivity index (χ1n) is 6.45. The minimum Gasteiger partial charge on any atom is -0.455 e. The molecule has 0 unspecified atom stereocenters. The van der Waals surface area contributed by atoms with Gasteiger partial charge in [0, 0.05) is 10.6 Å². The summed E-state index contributed by atoms with van der Waals surface area (Å²) in [5.74, 6) is 1.02. The average molecular weight is 331 g/mol. The molecule has 0 atom stereocenters. The molecular weight excluding hydrogens is 320 g/mol. The maximum Gasteiger partial charge on any atom is 0.281 e. The summed E-state index contributed by atoms with van der Waals surface area (Å²) in [5, 5.41) is 6.40. The molecule has 0 spiro atoms. The Balaban J connectivity index is 1.65. The molecule has 0 radical (unpaired) electrons. The van der Waals surface area contributed by atoms with Crippen LogP contribution in [0.1, 0.15) is 15.4 Å². The molecule has 2 heterocycles. The molecule has 22 heavy (non-hydrogen) atoms. The van der Waals surface area contributed by atoms with Crippen molar-refractivity contribution in [3.8, 4) is 11.3 Å². The topological polar surface area (TPSA) is 54.6 Å². The number of carbonyl (C=O) groups is 1. The van der Waals surface area contributed by atoms with E-state index in [0.717, 1.165) is 5.56 Å². The third kappa shape index (κ3) is 3.44. The van der Waals surface area contributed by atoms with Crippen LogP contribution >= 0.6 is 22.9 Å². The summed E-state index contributed by atoms with van der Waals surface area (Å²) in [6.07, 6.45) is 1.46. The summed E-state index contributed by atoms with van der Waals surface area (Å²) in [6, 6.07) is 14.5. The van der Waals surface area contributed by atoms with Crippen molar-refractivity contribution in [3.05, 3.63) is 69.6 Å². The van der Waals surface area contributed by atoms with E-state index in [1.54, 1.807) is 24.3 Å². The first-order valence-corrected chi connectivity index (χ1v) is 7.71. The quantitative estimate of drug-likeness (QED) is 0.568. The molecule has 0 saturated carbocycles. The van der Waals surface area contributed by atoms with E-state index in [1.807, 2.05) is 29.6 Å². The number of hydrazone groups is 1. The van der Waals surface area contributed by atoms with Crippen LogP contribution in [-0.2, 0) is 0 Å². The number of nitrogens with one attached hydrogen (secondary N) is 1. The van der Waals surface area contributed by atoms with Gasteiger partial charge in [0.25, 0.3) is 5.91 Å². The summed E-state index contributed by atoms with van der Waals surface area (Å²) < 4.78 is 5.64. The highest BCUT2D eigenvalue weighted by Crippen LogP contribution is 2.23. The van der Waals surface area contributed by atoms with Crippen LogP contribution in [0.3, 0.4) is 0 Å². The lowest BCUT2D eigenvalue weighted by atomic mass is 10.2. The van der Waals surface area contributed by atoms with Crippen LogP contribution in [0.4, 0.5) is 0 Å². The van der Waals surface area contributed by atoms with Gasteiger partial charge in [-0.05, 0) is 47.8 Å². The van der Waals surface area contributed by atoms with Crippen LogP contribution in [0.25, 0.3) is 11.3 Å². The van der Waals surface area contributed by atoms with Gasteiger partial charge in [0.1, 0.15) is 11.5 Å². The van der Waals surface area contributed by atoms with Crippen molar-refractivity contribution in [2.75, 3.05) is 0 Å². The smallest absolute Gasteiger partial charge is 0.281 e. The molecule has 0 aliphatic carbocycles. The van der Waals surface area contributed by atoms with Crippen molar-refractivity contribution < 1.29 is 9.21 Å². The van der Waals surface area contributed by atoms with E-state index >= 15 is 0 Å². The fraction of sp³-hybridized carbons (Fsp3) is 0. The van der Waals surface area contributed by atoms with E-state index in [2.05, 4.69) is 10.5 Å². The van der Waals surface area contributed by atoms with E-state index in [9.17, 15) is 4.79 Å². The summed E-state index contributed by atoms with van der Waals surface area (Å²) in [5.41, 5.74) is 3.38. The predicted octanol–water partition coefficient (Wildman–Crippen LogP) is 4.43. The molecule has 3 aromatic rings. The highest BCUT2D eigenvalue weighted by molar-refractivity contribution is 7.12. The van der Waals surface area contributed by atoms with Crippen LogP contribution in [0.5, 0.6) is 0 Å². The Morgan fingerprint density at radius 3 is 2.73 bits per heavy atom. The minimum atomic E-state index is -0.240. The molecule has 6 heteroatoms. The zero-order valence-electron chi connectivity index (χ0n) is 11.3. The molecule has 0 aliphatic heterocycles. The van der Waals surface area contributed by atoms with Crippen LogP contribution in [0, 0.1) is 0 Å². The van der Waals surface area contributed by atoms with Gasteiger partial charge in [-0.3, -0.25) is 4.79 Å². The summed E-state index contributed by atoms with van der Waals surface area (Å²) >= 11 is 7.21. The molecule has 0 aliphatic rings. The summed E-state index contributed by atoms with van der Waals surface area (Å²) in [7, 11) is 0. The van der Waals surface area contributed by atoms with Gasteiger partial charge in [0.2, 0.25) is 0 Å². The lowest BCUT2D eigenvalue weighted by molar-refractivity contribution is 0.0959. The number of thiophene rings is 1. The van der Waals surface area contributed by atoms with E-state index < -0.39 is 0 Å². The van der Waals surface area contributed by atoms with Crippen LogP contribution in [0.2, 0.25) is 5.02 Å². The van der Waals surface area contributed by atoms with Crippen molar-refractivity contribution in [1.29, 1.82) is 0 Å². The number of amides is 1. The second-order valence-electron chi connectivity index (χ2n) is 4.39. The van der Waals surface area contributed by atoms with Crippen LogP contribution < -0.4 is 5.43 Å². The maximum atomic E-state index is 11.7. The molecule has 0 fully saturated rings. The maximum absolute atomic E-state index is 11.7. The van der Waals surface area contributed by atoms with E-state index in [-0.39, 0.29) is 5.91 Å². The van der Waals surface area contributed by atoms with Crippen molar-refractivity contribution >= 4 is 35.1 Å². The molecule has 0 saturated heterocycles. The van der Waals surface area contributed by atoms with Gasteiger partial charge in [-0.1, -0.05) is 17.7 Å². The zero-order valence-corrected chi connectivity index (χ0v) is 12.9. The number of hydrogen-bond acceptors (Lipinski definition) is 4. The second kappa shape index (κ2) is 6.60. The van der Waals surface area contributed by atoms with Crippen molar-refractivity contribution in [3.63, 3.8) is 0 Å². The molecule has 110 valence electrons. The Bertz CT molecular complexity index is 792. The molecule has 1 N–H and O–H groups in total. The fourth-order valence-corrected chi connectivity index (χ4v) is 2.55. The van der Waals surface area contributed by atoms with Gasteiger partial charge in [0.15, 0.2) is 0 Å². The first kappa shape index (κ1) is 14.6. The zero-order chi connectivity index (χ0) is 15.4. The molecule has 4 nitrogen and oxygen atoms in total. The number of hydrogen-bond donors (Lipinski definition) is 1. The average Bonchev–Trinajstić information content (AvgIpc) is 3.19. The third-order valence-electron chi connectivity index (χ3n) is 2.86. The molecule has 1 aromatic carbocycles. The number of rotatable bonds is 4. The third-order valence-corrected chi connectivity index (χ3v) is 3.98. The lowest BCUT2D eigenvalue weighted by Gasteiger charge is -1.96. The SMILES string of the molecule is O=C(NN=Cc1ccc(-c2ccc(Cl)cc2)o1)c1cccs1. The number of furan rings is 1. The van der Waals surface area contributed by atoms with Crippen LogP contribution in [0.15, 0.2) is 63.4 Å². The van der Waals surface area contributed by atoms with Gasteiger partial charge in [0.05, 0.1) is 11.1 Å². The monoisotopic (exact) mass is 330 g/mol. The molecule has 0 bridgehead atoms. The highest BCUT2D eigenvalue weighted by Gasteiger charge is 2.05. The van der Waals surface area contributed by atoms with Gasteiger partial charge in [-0.2, -0.15) is 5.10 Å². The van der Waals surface area contributed by atoms with Gasteiger partial charge in [-0.25, -0.2) is 5.43 Å². The summed E-state index contributed by atoms with van der Waals surface area (Å²) in [4.78, 5) is 12.3.